The molecule has 1 fully saturated rings. The van der Waals surface area contributed by atoms with Crippen LogP contribution in [0.1, 0.15) is 20.8 Å². The van der Waals surface area contributed by atoms with E-state index in [4.69, 9.17) is 0 Å². The summed E-state index contributed by atoms with van der Waals surface area (Å²) in [4.78, 5) is 22.5. The summed E-state index contributed by atoms with van der Waals surface area (Å²) in [6.07, 6.45) is -7.58. The second kappa shape index (κ2) is 6.52. The van der Waals surface area contributed by atoms with E-state index in [0.717, 1.165) is 13.8 Å². The van der Waals surface area contributed by atoms with Gasteiger partial charge in [0.1, 0.15) is 12.7 Å². The second-order valence-corrected chi connectivity index (χ2v) is 5.85. The summed E-state index contributed by atoms with van der Waals surface area (Å²) in [5.41, 5.74) is -3.46. The molecular formula is C14H17F5O6. The van der Waals surface area contributed by atoms with Crippen LogP contribution in [0, 0.1) is 5.92 Å². The first kappa shape index (κ1) is 21.3. The minimum absolute atomic E-state index is 0.357. The number of aliphatic hydroxyl groups is 1. The Bertz CT molecular complexity index is 556. The molecule has 0 saturated carbocycles. The van der Waals surface area contributed by atoms with Crippen molar-refractivity contribution in [2.75, 3.05) is 6.61 Å². The van der Waals surface area contributed by atoms with Crippen molar-refractivity contribution in [3.63, 3.8) is 0 Å². The first-order valence-electron chi connectivity index (χ1n) is 7.00. The molecule has 6 nitrogen and oxygen atoms in total. The fraction of sp³-hybridized carbons (Fsp3) is 0.714. The van der Waals surface area contributed by atoms with Crippen molar-refractivity contribution in [3.05, 3.63) is 12.7 Å². The molecule has 0 spiro atoms. The molecule has 0 aliphatic carbocycles. The molecule has 1 heterocycles. The highest BCUT2D eigenvalue weighted by molar-refractivity contribution is 5.81. The maximum absolute atomic E-state index is 14.5. The first-order chi connectivity index (χ1) is 11.1. The minimum atomic E-state index is -5.89. The number of ether oxygens (including phenoxy) is 3. The van der Waals surface area contributed by atoms with E-state index in [-0.39, 0.29) is 0 Å². The smallest absolute Gasteiger partial charge is 0.460 e. The van der Waals surface area contributed by atoms with Gasteiger partial charge in [0.05, 0.1) is 5.92 Å². The Labute approximate surface area is 139 Å². The molecule has 25 heavy (non-hydrogen) atoms. The highest BCUT2D eigenvalue weighted by Crippen LogP contribution is 2.57. The Morgan fingerprint density at radius 2 is 1.88 bits per heavy atom. The minimum Gasteiger partial charge on any atom is -0.460 e. The van der Waals surface area contributed by atoms with Crippen molar-refractivity contribution in [1.29, 1.82) is 0 Å². The molecule has 3 atom stereocenters. The van der Waals surface area contributed by atoms with Gasteiger partial charge in [-0.2, -0.15) is 22.0 Å². The molecule has 3 unspecified atom stereocenters. The Morgan fingerprint density at radius 1 is 1.36 bits per heavy atom. The third kappa shape index (κ3) is 3.34. The highest BCUT2D eigenvalue weighted by atomic mass is 19.4. The summed E-state index contributed by atoms with van der Waals surface area (Å²) in [6, 6.07) is 0. The lowest BCUT2D eigenvalue weighted by molar-refractivity contribution is -0.413. The quantitative estimate of drug-likeness (QED) is 0.449. The first-order valence-corrected chi connectivity index (χ1v) is 7.00. The van der Waals surface area contributed by atoms with E-state index in [1.54, 1.807) is 0 Å². The van der Waals surface area contributed by atoms with Crippen LogP contribution >= 0.6 is 0 Å². The average molecular weight is 376 g/mol. The number of carbonyl (C=O) groups is 2. The van der Waals surface area contributed by atoms with Crippen LogP contribution in [0.2, 0.25) is 0 Å². The molecule has 0 amide bonds. The third-order valence-electron chi connectivity index (χ3n) is 3.62. The zero-order valence-electron chi connectivity index (χ0n) is 13.5. The molecule has 1 saturated heterocycles. The Hall–Kier alpha value is -1.75. The molecule has 0 aromatic carbocycles. The average Bonchev–Trinajstić information content (AvgIpc) is 2.61. The lowest BCUT2D eigenvalue weighted by Gasteiger charge is -2.37. The van der Waals surface area contributed by atoms with E-state index in [2.05, 4.69) is 20.8 Å². The van der Waals surface area contributed by atoms with Crippen LogP contribution in [0.4, 0.5) is 22.0 Å². The summed E-state index contributed by atoms with van der Waals surface area (Å²) in [5.74, 6) is -13.7. The SMILES string of the molecule is C=CC(=O)OCC1OC(OC(=O)C(C)C)(C(F)(F)F)C(F)(F)C1(C)O. The molecular weight excluding hydrogens is 359 g/mol. The molecule has 144 valence electrons. The standard InChI is InChI=1S/C14H17F5O6/c1-5-9(20)23-6-8-11(4,22)12(15,16)13(24-8,14(17,18)19)25-10(21)7(2)3/h5,7-8,22H,1,6H2,2-4H3. The summed E-state index contributed by atoms with van der Waals surface area (Å²) in [5, 5.41) is 9.93. The van der Waals surface area contributed by atoms with Gasteiger partial charge in [-0.15, -0.1) is 0 Å². The van der Waals surface area contributed by atoms with E-state index < -0.39 is 54.1 Å². The third-order valence-corrected chi connectivity index (χ3v) is 3.62. The monoisotopic (exact) mass is 376 g/mol. The van der Waals surface area contributed by atoms with Gasteiger partial charge in [-0.1, -0.05) is 20.4 Å². The zero-order valence-corrected chi connectivity index (χ0v) is 13.5. The number of alkyl halides is 5. The molecule has 1 aliphatic rings. The molecule has 0 aromatic heterocycles. The van der Waals surface area contributed by atoms with E-state index in [0.29, 0.717) is 13.0 Å². The van der Waals surface area contributed by atoms with Crippen LogP contribution in [0.5, 0.6) is 0 Å². The van der Waals surface area contributed by atoms with Crippen LogP contribution in [0.3, 0.4) is 0 Å². The number of hydrogen-bond donors (Lipinski definition) is 1. The van der Waals surface area contributed by atoms with Crippen LogP contribution in [-0.4, -0.2) is 53.2 Å². The van der Waals surface area contributed by atoms with Crippen LogP contribution in [-0.2, 0) is 23.8 Å². The topological polar surface area (TPSA) is 82.1 Å². The van der Waals surface area contributed by atoms with Crippen molar-refractivity contribution in [1.82, 2.24) is 0 Å². The number of rotatable bonds is 5. The van der Waals surface area contributed by atoms with Gasteiger partial charge in [-0.25, -0.2) is 4.79 Å². The van der Waals surface area contributed by atoms with Gasteiger partial charge >= 0.3 is 29.8 Å². The molecule has 1 rings (SSSR count). The van der Waals surface area contributed by atoms with Gasteiger partial charge < -0.3 is 19.3 Å². The second-order valence-electron chi connectivity index (χ2n) is 5.85. The summed E-state index contributed by atoms with van der Waals surface area (Å²) in [6.45, 7) is 4.48. The van der Waals surface area contributed by atoms with Gasteiger partial charge in [0, 0.05) is 6.08 Å². The van der Waals surface area contributed by atoms with Gasteiger partial charge in [-0.3, -0.25) is 4.79 Å². The van der Waals surface area contributed by atoms with Crippen molar-refractivity contribution in [3.8, 4) is 0 Å². The predicted octanol–water partition coefficient (Wildman–Crippen LogP) is 1.96. The van der Waals surface area contributed by atoms with E-state index >= 15 is 0 Å². The highest BCUT2D eigenvalue weighted by Gasteiger charge is 2.86. The van der Waals surface area contributed by atoms with E-state index in [1.807, 2.05) is 0 Å². The lowest BCUT2D eigenvalue weighted by atomic mass is 9.89. The summed E-state index contributed by atoms with van der Waals surface area (Å²) in [7, 11) is 0. The van der Waals surface area contributed by atoms with Gasteiger partial charge in [0.15, 0.2) is 5.60 Å². The van der Waals surface area contributed by atoms with Crippen molar-refractivity contribution in [2.24, 2.45) is 5.92 Å². The van der Waals surface area contributed by atoms with E-state index in [9.17, 15) is 36.6 Å². The fourth-order valence-electron chi connectivity index (χ4n) is 1.99. The maximum atomic E-state index is 14.5. The Balaban J connectivity index is 3.34. The summed E-state index contributed by atoms with van der Waals surface area (Å²) >= 11 is 0. The van der Waals surface area contributed by atoms with Crippen molar-refractivity contribution in [2.45, 2.75) is 50.4 Å². The predicted molar refractivity (Wildman–Crippen MR) is 71.3 cm³/mol. The lowest BCUT2D eigenvalue weighted by Crippen LogP contribution is -2.65. The molecule has 0 bridgehead atoms. The van der Waals surface area contributed by atoms with Gasteiger partial charge in [-0.05, 0) is 6.92 Å². The number of carbonyl (C=O) groups excluding carboxylic acids is 2. The fourth-order valence-corrected chi connectivity index (χ4v) is 1.99. The molecule has 0 radical (unpaired) electrons. The zero-order chi connectivity index (χ0) is 19.8. The van der Waals surface area contributed by atoms with Crippen LogP contribution < -0.4 is 0 Å². The van der Waals surface area contributed by atoms with Gasteiger partial charge in [0.2, 0.25) is 0 Å². The normalized spacial score (nSPS) is 31.7. The number of halogens is 5. The number of hydrogen-bond acceptors (Lipinski definition) is 6. The molecule has 1 aliphatic heterocycles. The largest absolute Gasteiger partial charge is 0.462 e. The summed E-state index contributed by atoms with van der Waals surface area (Å²) < 4.78 is 81.8. The Kier molecular flexibility index (Phi) is 5.55. The van der Waals surface area contributed by atoms with Crippen molar-refractivity contribution >= 4 is 11.9 Å². The van der Waals surface area contributed by atoms with Crippen LogP contribution in [0.15, 0.2) is 12.7 Å². The number of esters is 2. The van der Waals surface area contributed by atoms with Gasteiger partial charge in [0.25, 0.3) is 0 Å². The van der Waals surface area contributed by atoms with Crippen molar-refractivity contribution < 1.29 is 50.9 Å². The molecule has 1 N–H and O–H groups in total. The Morgan fingerprint density at radius 3 is 2.28 bits per heavy atom. The molecule has 11 heteroatoms. The molecule has 0 aromatic rings. The van der Waals surface area contributed by atoms with Crippen LogP contribution in [0.25, 0.3) is 0 Å². The van der Waals surface area contributed by atoms with E-state index in [1.165, 1.54) is 0 Å². The maximum Gasteiger partial charge on any atom is 0.462 e.